The molecule has 0 amide bonds. The first-order valence-electron chi connectivity index (χ1n) is 17.3. The monoisotopic (exact) mass is 749 g/mol. The average Bonchev–Trinajstić information content (AvgIpc) is 3.05. The molecule has 2 atom stereocenters. The smallest absolute Gasteiger partial charge is 0.141 e. The van der Waals surface area contributed by atoms with E-state index in [1.165, 1.54) is 0 Å². The summed E-state index contributed by atoms with van der Waals surface area (Å²) in [5, 5.41) is 30.4. The number of rotatable bonds is 3. The second kappa shape index (κ2) is 12.8. The number of fused-ring (bicyclic) bond motifs is 12. The lowest BCUT2D eigenvalue weighted by Crippen LogP contribution is -2.46. The van der Waals surface area contributed by atoms with Gasteiger partial charge in [-0.2, -0.15) is 0 Å². The van der Waals surface area contributed by atoms with Crippen LogP contribution >= 0.6 is 23.2 Å². The molecule has 0 saturated carbocycles. The molecule has 3 aliphatic rings. The van der Waals surface area contributed by atoms with Crippen LogP contribution in [-0.2, 0) is 0 Å². The SMILES string of the molecule is C.C.CC1CC(C)(C)N(C)c2c1c1c(c3ccccc23)C(c2c(Cl)c(C(=O)[O-])cc(Cl)c2C(=O)[O-])=c2c(c3c(c4ccccc24)=CC(C)(C)CC3C)O1. The quantitative estimate of drug-likeness (QED) is 0.180. The Morgan fingerprint density at radius 1 is 0.792 bits per heavy atom. The predicted octanol–water partition coefficient (Wildman–Crippen LogP) is 8.69. The molecule has 2 unspecified atom stereocenters. The number of benzene rings is 5. The normalized spacial score (nSPS) is 19.0. The fraction of sp³-hybridized carbons (Fsp3) is 0.333. The Kier molecular flexibility index (Phi) is 9.24. The van der Waals surface area contributed by atoms with E-state index in [2.05, 4.69) is 71.7 Å². The van der Waals surface area contributed by atoms with Crippen molar-refractivity contribution in [1.82, 2.24) is 0 Å². The van der Waals surface area contributed by atoms with Crippen LogP contribution in [-0.4, -0.2) is 24.5 Å². The first-order chi connectivity index (χ1) is 24.0. The highest BCUT2D eigenvalue weighted by atomic mass is 35.5. The van der Waals surface area contributed by atoms with Gasteiger partial charge in [0.2, 0.25) is 0 Å². The molecule has 0 saturated heterocycles. The number of anilines is 1. The van der Waals surface area contributed by atoms with Crippen LogP contribution < -0.4 is 30.3 Å². The van der Waals surface area contributed by atoms with Crippen LogP contribution in [0.25, 0.3) is 33.2 Å². The largest absolute Gasteiger partial charge is 0.545 e. The third-order valence-corrected chi connectivity index (χ3v) is 12.1. The van der Waals surface area contributed by atoms with Crippen molar-refractivity contribution in [3.05, 3.63) is 108 Å². The van der Waals surface area contributed by atoms with Crippen molar-refractivity contribution in [2.24, 2.45) is 5.41 Å². The molecule has 0 fully saturated rings. The number of ether oxygens (including phenoxy) is 1. The van der Waals surface area contributed by atoms with E-state index in [1.807, 2.05) is 36.4 Å². The van der Waals surface area contributed by atoms with Crippen molar-refractivity contribution >= 4 is 74.0 Å². The van der Waals surface area contributed by atoms with Crippen molar-refractivity contribution in [2.75, 3.05) is 11.9 Å². The minimum Gasteiger partial charge on any atom is -0.545 e. The Morgan fingerprint density at radius 3 is 2.00 bits per heavy atom. The van der Waals surface area contributed by atoms with Crippen molar-refractivity contribution in [1.29, 1.82) is 0 Å². The minimum atomic E-state index is -1.58. The summed E-state index contributed by atoms with van der Waals surface area (Å²) in [6.45, 7) is 13.3. The maximum Gasteiger partial charge on any atom is 0.141 e. The summed E-state index contributed by atoms with van der Waals surface area (Å²) >= 11 is 13.8. The Labute approximate surface area is 321 Å². The van der Waals surface area contributed by atoms with E-state index in [9.17, 15) is 19.8 Å². The summed E-state index contributed by atoms with van der Waals surface area (Å²) in [5.41, 5.74) is 3.02. The highest BCUT2D eigenvalue weighted by molar-refractivity contribution is 6.40. The molecule has 6 nitrogen and oxygen atoms in total. The molecular formula is C45H45Cl2NO5-2. The second-order valence-electron chi connectivity index (χ2n) is 15.8. The summed E-state index contributed by atoms with van der Waals surface area (Å²) in [7, 11) is 2.10. The van der Waals surface area contributed by atoms with Gasteiger partial charge in [-0.05, 0) is 71.4 Å². The molecule has 0 N–H and O–H groups in total. The predicted molar refractivity (Wildman–Crippen MR) is 214 cm³/mol. The van der Waals surface area contributed by atoms with Crippen LogP contribution in [0.1, 0.15) is 124 Å². The Balaban J connectivity index is 0.00000240. The van der Waals surface area contributed by atoms with Crippen LogP contribution in [0.2, 0.25) is 10.0 Å². The first kappa shape index (κ1) is 38.2. The first-order valence-corrected chi connectivity index (χ1v) is 18.1. The molecule has 0 bridgehead atoms. The molecule has 0 aromatic heterocycles. The Bertz CT molecular complexity index is 2550. The van der Waals surface area contributed by atoms with Crippen LogP contribution in [0.5, 0.6) is 11.5 Å². The summed E-state index contributed by atoms with van der Waals surface area (Å²) in [6.07, 6.45) is 4.00. The Hall–Kier alpha value is -4.52. The van der Waals surface area contributed by atoms with Crippen LogP contribution in [0.3, 0.4) is 0 Å². The fourth-order valence-corrected chi connectivity index (χ4v) is 9.97. The van der Waals surface area contributed by atoms with Crippen molar-refractivity contribution in [2.45, 2.75) is 86.6 Å². The number of carbonyl (C=O) groups is 2. The standard InChI is InChI=1S/C43H39Cl2NO5.2CH4/c1-20-17-42(3,4)19-27-22-12-8-9-13-23(22)31-34(35-33(41(49)50)28(44)16-26(36(35)45)40(47)48)32-24-14-10-11-15-25(24)37-30(39(32)51-38(31)29(20)27)21(2)18-43(5,6)46(37)7;;/h8-16,19-21H,17-18H2,1-7H3,(H,47,48)(H,49,50);2*1H4/p-2. The van der Waals surface area contributed by atoms with Crippen LogP contribution in [0.15, 0.2) is 54.6 Å². The third-order valence-electron chi connectivity index (χ3n) is 11.4. The highest BCUT2D eigenvalue weighted by Gasteiger charge is 2.42. The fourth-order valence-electron chi connectivity index (χ4n) is 9.37. The zero-order valence-electron chi connectivity index (χ0n) is 29.6. The van der Waals surface area contributed by atoms with Crippen molar-refractivity contribution < 1.29 is 24.5 Å². The van der Waals surface area contributed by atoms with Crippen LogP contribution in [0, 0.1) is 5.41 Å². The number of halogens is 2. The molecular weight excluding hydrogens is 705 g/mol. The number of carboxylic acids is 2. The van der Waals surface area contributed by atoms with Gasteiger partial charge in [0.1, 0.15) is 11.5 Å². The van der Waals surface area contributed by atoms with E-state index in [-0.39, 0.29) is 53.3 Å². The van der Waals surface area contributed by atoms with Gasteiger partial charge in [-0.3, -0.25) is 0 Å². The van der Waals surface area contributed by atoms with Crippen molar-refractivity contribution in [3.8, 4) is 11.5 Å². The lowest BCUT2D eigenvalue weighted by atomic mass is 9.72. The summed E-state index contributed by atoms with van der Waals surface area (Å²) < 4.78 is 7.38. The number of nitrogens with zero attached hydrogens (tertiary/aromatic N) is 1. The van der Waals surface area contributed by atoms with Gasteiger partial charge in [-0.1, -0.05) is 120 Å². The number of carboxylic acid groups (broad SMARTS) is 2. The molecule has 0 spiro atoms. The van der Waals surface area contributed by atoms with E-state index in [4.69, 9.17) is 27.9 Å². The van der Waals surface area contributed by atoms with E-state index in [0.717, 1.165) is 62.5 Å². The van der Waals surface area contributed by atoms with E-state index >= 15 is 0 Å². The number of aromatic carboxylic acids is 2. The molecule has 1 aliphatic carbocycles. The number of hydrogen-bond acceptors (Lipinski definition) is 6. The lowest BCUT2D eigenvalue weighted by molar-refractivity contribution is -0.256. The maximum atomic E-state index is 13.2. The van der Waals surface area contributed by atoms with Gasteiger partial charge in [0.15, 0.2) is 0 Å². The minimum absolute atomic E-state index is 0. The van der Waals surface area contributed by atoms with Gasteiger partial charge in [0, 0.05) is 62.1 Å². The molecule has 5 aromatic rings. The molecule has 276 valence electrons. The third kappa shape index (κ3) is 5.43. The molecule has 2 aliphatic heterocycles. The van der Waals surface area contributed by atoms with Crippen molar-refractivity contribution in [3.63, 3.8) is 0 Å². The van der Waals surface area contributed by atoms with Gasteiger partial charge in [0.25, 0.3) is 0 Å². The summed E-state index contributed by atoms with van der Waals surface area (Å²) in [6, 6.07) is 17.0. The average molecular weight is 751 g/mol. The van der Waals surface area contributed by atoms with Gasteiger partial charge in [-0.25, -0.2) is 0 Å². The molecule has 2 heterocycles. The Morgan fingerprint density at radius 2 is 1.38 bits per heavy atom. The molecule has 53 heavy (non-hydrogen) atoms. The van der Waals surface area contributed by atoms with Gasteiger partial charge in [0.05, 0.1) is 27.7 Å². The molecule has 0 radical (unpaired) electrons. The van der Waals surface area contributed by atoms with Crippen LogP contribution in [0.4, 0.5) is 5.69 Å². The number of carbonyl (C=O) groups excluding carboxylic acids is 2. The van der Waals surface area contributed by atoms with Gasteiger partial charge >= 0.3 is 0 Å². The molecule has 8 heteroatoms. The lowest BCUT2D eigenvalue weighted by Gasteiger charge is -2.47. The maximum absolute atomic E-state index is 13.2. The van der Waals surface area contributed by atoms with E-state index in [1.54, 1.807) is 0 Å². The van der Waals surface area contributed by atoms with E-state index in [0.29, 0.717) is 27.9 Å². The van der Waals surface area contributed by atoms with Gasteiger partial charge in [-0.15, -0.1) is 0 Å². The zero-order valence-corrected chi connectivity index (χ0v) is 31.1. The topological polar surface area (TPSA) is 92.7 Å². The molecule has 8 rings (SSSR count). The highest BCUT2D eigenvalue weighted by Crippen LogP contribution is 2.57. The molecule has 5 aromatic carbocycles. The van der Waals surface area contributed by atoms with Gasteiger partial charge < -0.3 is 29.4 Å². The number of hydrogen-bond donors (Lipinski definition) is 0. The summed E-state index contributed by atoms with van der Waals surface area (Å²) in [5.74, 6) is -1.84. The zero-order chi connectivity index (χ0) is 36.5. The van der Waals surface area contributed by atoms with E-state index < -0.39 is 23.1 Å². The summed E-state index contributed by atoms with van der Waals surface area (Å²) in [4.78, 5) is 28.0. The second-order valence-corrected chi connectivity index (χ2v) is 16.6.